The van der Waals surface area contributed by atoms with Crippen molar-refractivity contribution in [1.29, 1.82) is 0 Å². The fourth-order valence-corrected chi connectivity index (χ4v) is 2.70. The summed E-state index contributed by atoms with van der Waals surface area (Å²) in [7, 11) is 0. The Balaban J connectivity index is 1.65. The second-order valence-electron chi connectivity index (χ2n) is 5.56. The van der Waals surface area contributed by atoms with Crippen LogP contribution >= 0.6 is 0 Å². The van der Waals surface area contributed by atoms with Gasteiger partial charge < -0.3 is 9.64 Å². The Hall–Kier alpha value is -1.84. The summed E-state index contributed by atoms with van der Waals surface area (Å²) in [5, 5.41) is 0. The van der Waals surface area contributed by atoms with Crippen LogP contribution in [0.1, 0.15) is 38.2 Å². The Labute approximate surface area is 133 Å². The first-order valence-electron chi connectivity index (χ1n) is 8.27. The number of hydrogen-bond acceptors (Lipinski definition) is 4. The predicted octanol–water partition coefficient (Wildman–Crippen LogP) is 3.07. The van der Waals surface area contributed by atoms with Crippen molar-refractivity contribution in [3.05, 3.63) is 35.9 Å². The van der Waals surface area contributed by atoms with Crippen LogP contribution in [0.2, 0.25) is 0 Å². The molecule has 0 N–H and O–H groups in total. The van der Waals surface area contributed by atoms with E-state index in [0.29, 0.717) is 13.0 Å². The lowest BCUT2D eigenvalue weighted by Crippen LogP contribution is -2.30. The summed E-state index contributed by atoms with van der Waals surface area (Å²) in [6.07, 6.45) is 4.54. The number of carbonyl (C=O) groups is 1. The number of nitrogens with zero attached hydrogens (tertiary/aromatic N) is 2. The van der Waals surface area contributed by atoms with Crippen LogP contribution in [0.5, 0.6) is 0 Å². The van der Waals surface area contributed by atoms with Crippen molar-refractivity contribution in [2.75, 3.05) is 26.2 Å². The molecular weight excluding hydrogens is 276 g/mol. The molecule has 120 valence electrons. The van der Waals surface area contributed by atoms with E-state index in [-0.39, 0.29) is 5.97 Å². The summed E-state index contributed by atoms with van der Waals surface area (Å²) in [6.45, 7) is 5.30. The van der Waals surface area contributed by atoms with Crippen molar-refractivity contribution < 1.29 is 9.53 Å². The highest BCUT2D eigenvalue weighted by atomic mass is 16.5. The highest BCUT2D eigenvalue weighted by Crippen LogP contribution is 2.11. The first kappa shape index (κ1) is 16.5. The van der Waals surface area contributed by atoms with Crippen molar-refractivity contribution in [2.45, 2.75) is 39.0 Å². The molecule has 1 aromatic rings. The summed E-state index contributed by atoms with van der Waals surface area (Å²) in [5.74, 6) is 1.13. The van der Waals surface area contributed by atoms with Crippen molar-refractivity contribution >= 4 is 11.8 Å². The van der Waals surface area contributed by atoms with Crippen LogP contribution in [0.15, 0.2) is 35.3 Å². The van der Waals surface area contributed by atoms with Gasteiger partial charge in [-0.2, -0.15) is 0 Å². The third-order valence-electron chi connectivity index (χ3n) is 3.85. The second-order valence-corrected chi connectivity index (χ2v) is 5.56. The highest BCUT2D eigenvalue weighted by Gasteiger charge is 2.16. The zero-order chi connectivity index (χ0) is 15.6. The molecule has 0 amide bonds. The molecule has 0 bridgehead atoms. The molecule has 1 aliphatic heterocycles. The van der Waals surface area contributed by atoms with Crippen molar-refractivity contribution in [3.63, 3.8) is 0 Å². The Morgan fingerprint density at radius 2 is 2.05 bits per heavy atom. The van der Waals surface area contributed by atoms with Crippen molar-refractivity contribution in [1.82, 2.24) is 4.90 Å². The van der Waals surface area contributed by atoms with E-state index in [0.717, 1.165) is 45.3 Å². The van der Waals surface area contributed by atoms with Crippen LogP contribution in [0, 0.1) is 0 Å². The average Bonchev–Trinajstić information content (AvgIpc) is 2.95. The molecular formula is C18H26N2O2. The second kappa shape index (κ2) is 9.23. The monoisotopic (exact) mass is 302 g/mol. The number of unbranched alkanes of at least 4 members (excludes halogenated alkanes) is 2. The van der Waals surface area contributed by atoms with Gasteiger partial charge in [0.1, 0.15) is 5.84 Å². The molecule has 0 saturated heterocycles. The topological polar surface area (TPSA) is 41.9 Å². The van der Waals surface area contributed by atoms with Crippen LogP contribution in [0.25, 0.3) is 0 Å². The molecule has 1 heterocycles. The van der Waals surface area contributed by atoms with Crippen LogP contribution in [-0.4, -0.2) is 42.9 Å². The zero-order valence-corrected chi connectivity index (χ0v) is 13.5. The van der Waals surface area contributed by atoms with Gasteiger partial charge in [0.25, 0.3) is 0 Å². The summed E-state index contributed by atoms with van der Waals surface area (Å²) >= 11 is 0. The molecule has 0 fully saturated rings. The summed E-state index contributed by atoms with van der Waals surface area (Å²) in [6, 6.07) is 10.5. The number of hydrogen-bond donors (Lipinski definition) is 0. The van der Waals surface area contributed by atoms with Gasteiger partial charge in [0, 0.05) is 25.9 Å². The van der Waals surface area contributed by atoms with E-state index in [1.165, 1.54) is 11.4 Å². The quantitative estimate of drug-likeness (QED) is 0.520. The minimum atomic E-state index is -0.0741. The normalized spacial score (nSPS) is 14.0. The third kappa shape index (κ3) is 5.51. The molecule has 0 aliphatic carbocycles. The van der Waals surface area contributed by atoms with Crippen molar-refractivity contribution in [2.24, 2.45) is 4.99 Å². The Morgan fingerprint density at radius 1 is 1.23 bits per heavy atom. The minimum Gasteiger partial charge on any atom is -0.466 e. The lowest BCUT2D eigenvalue weighted by Gasteiger charge is -2.20. The van der Waals surface area contributed by atoms with E-state index in [9.17, 15) is 4.79 Å². The van der Waals surface area contributed by atoms with Gasteiger partial charge in [-0.25, -0.2) is 0 Å². The fourth-order valence-electron chi connectivity index (χ4n) is 2.70. The molecule has 0 radical (unpaired) electrons. The van der Waals surface area contributed by atoms with E-state index in [1.54, 1.807) is 0 Å². The van der Waals surface area contributed by atoms with Gasteiger partial charge >= 0.3 is 5.97 Å². The molecule has 0 saturated carbocycles. The van der Waals surface area contributed by atoms with Gasteiger partial charge in [0.2, 0.25) is 0 Å². The largest absolute Gasteiger partial charge is 0.466 e. The SMILES string of the molecule is CCOC(=O)CCCCCN1CCN=C1Cc1ccccc1. The number of carbonyl (C=O) groups excluding carboxylic acids is 1. The third-order valence-corrected chi connectivity index (χ3v) is 3.85. The van der Waals surface area contributed by atoms with Crippen LogP contribution in [0.3, 0.4) is 0 Å². The van der Waals surface area contributed by atoms with E-state index >= 15 is 0 Å². The molecule has 2 rings (SSSR count). The van der Waals surface area contributed by atoms with Gasteiger partial charge in [0.15, 0.2) is 0 Å². The average molecular weight is 302 g/mol. The number of rotatable bonds is 9. The molecule has 1 aromatic carbocycles. The molecule has 0 spiro atoms. The number of esters is 1. The maximum Gasteiger partial charge on any atom is 0.305 e. The van der Waals surface area contributed by atoms with E-state index in [4.69, 9.17) is 4.74 Å². The predicted molar refractivity (Wildman–Crippen MR) is 89.1 cm³/mol. The maximum absolute atomic E-state index is 11.3. The lowest BCUT2D eigenvalue weighted by atomic mass is 10.1. The van der Waals surface area contributed by atoms with Crippen LogP contribution < -0.4 is 0 Å². The first-order valence-corrected chi connectivity index (χ1v) is 8.27. The Bertz CT molecular complexity index is 485. The van der Waals surface area contributed by atoms with Gasteiger partial charge in [-0.05, 0) is 25.3 Å². The van der Waals surface area contributed by atoms with Gasteiger partial charge in [-0.3, -0.25) is 9.79 Å². The molecule has 1 aliphatic rings. The van der Waals surface area contributed by atoms with Crippen LogP contribution in [-0.2, 0) is 16.0 Å². The Morgan fingerprint density at radius 3 is 2.82 bits per heavy atom. The van der Waals surface area contributed by atoms with Gasteiger partial charge in [0.05, 0.1) is 13.2 Å². The fraction of sp³-hybridized carbons (Fsp3) is 0.556. The summed E-state index contributed by atoms with van der Waals surface area (Å²) in [5.41, 5.74) is 1.32. The summed E-state index contributed by atoms with van der Waals surface area (Å²) < 4.78 is 4.94. The molecule has 0 unspecified atom stereocenters. The molecule has 4 nitrogen and oxygen atoms in total. The molecule has 22 heavy (non-hydrogen) atoms. The van der Waals surface area contributed by atoms with Crippen molar-refractivity contribution in [3.8, 4) is 0 Å². The maximum atomic E-state index is 11.3. The highest BCUT2D eigenvalue weighted by molar-refractivity contribution is 5.85. The standard InChI is InChI=1S/C18H26N2O2/c1-2-22-18(21)11-7-4-8-13-20-14-12-19-17(20)15-16-9-5-3-6-10-16/h3,5-6,9-10H,2,4,7-8,11-15H2,1H3. The van der Waals surface area contributed by atoms with Gasteiger partial charge in [-0.1, -0.05) is 36.8 Å². The number of ether oxygens (including phenoxy) is 1. The van der Waals surface area contributed by atoms with E-state index in [2.05, 4.69) is 34.2 Å². The molecule has 0 aromatic heterocycles. The number of amidine groups is 1. The number of benzene rings is 1. The smallest absolute Gasteiger partial charge is 0.305 e. The first-order chi connectivity index (χ1) is 10.8. The van der Waals surface area contributed by atoms with E-state index in [1.807, 2.05) is 13.0 Å². The van der Waals surface area contributed by atoms with Gasteiger partial charge in [-0.15, -0.1) is 0 Å². The van der Waals surface area contributed by atoms with E-state index < -0.39 is 0 Å². The minimum absolute atomic E-state index is 0.0741. The number of aliphatic imine (C=N–C) groups is 1. The molecule has 0 atom stereocenters. The molecule has 4 heteroatoms. The summed E-state index contributed by atoms with van der Waals surface area (Å²) in [4.78, 5) is 18.3. The zero-order valence-electron chi connectivity index (χ0n) is 13.5. The lowest BCUT2D eigenvalue weighted by molar-refractivity contribution is -0.143. The Kier molecular flexibility index (Phi) is 6.94. The van der Waals surface area contributed by atoms with Crippen LogP contribution in [0.4, 0.5) is 0 Å².